The molecule has 0 atom stereocenters. The maximum absolute atomic E-state index is 12.4. The molecule has 2 aromatic carbocycles. The zero-order chi connectivity index (χ0) is 20.4. The second-order valence-corrected chi connectivity index (χ2v) is 6.07. The Morgan fingerprint density at radius 3 is 2.28 bits per heavy atom. The number of methoxy groups -OCH3 is 2. The van der Waals surface area contributed by atoms with Crippen molar-refractivity contribution >= 4 is 28.2 Å². The summed E-state index contributed by atoms with van der Waals surface area (Å²) in [7, 11) is 3.00. The van der Waals surface area contributed by atoms with E-state index in [0.29, 0.717) is 22.5 Å². The number of fused-ring (bicyclic) bond motifs is 2. The number of rotatable bonds is 5. The Labute approximate surface area is 164 Å². The van der Waals surface area contributed by atoms with Gasteiger partial charge in [0.25, 0.3) is 5.56 Å². The van der Waals surface area contributed by atoms with Gasteiger partial charge in [-0.15, -0.1) is 0 Å². The number of carbonyl (C=O) groups is 1. The summed E-state index contributed by atoms with van der Waals surface area (Å²) in [6.07, 6.45) is 0. The highest BCUT2D eigenvalue weighted by atomic mass is 16.5. The predicted octanol–water partition coefficient (Wildman–Crippen LogP) is 2.24. The summed E-state index contributed by atoms with van der Waals surface area (Å²) in [6, 6.07) is 12.4. The van der Waals surface area contributed by atoms with E-state index in [9.17, 15) is 9.59 Å². The molecule has 0 aliphatic heterocycles. The lowest BCUT2D eigenvalue weighted by molar-refractivity contribution is 0.0458. The summed E-state index contributed by atoms with van der Waals surface area (Å²) >= 11 is 0. The van der Waals surface area contributed by atoms with Crippen molar-refractivity contribution in [2.45, 2.75) is 6.61 Å². The van der Waals surface area contributed by atoms with Crippen LogP contribution in [-0.4, -0.2) is 40.1 Å². The van der Waals surface area contributed by atoms with Gasteiger partial charge in [-0.3, -0.25) is 9.78 Å². The van der Waals surface area contributed by atoms with Gasteiger partial charge < -0.3 is 14.2 Å². The van der Waals surface area contributed by atoms with Crippen LogP contribution in [0.25, 0.3) is 22.2 Å². The number of hydrogen-bond donors (Lipinski definition) is 1. The number of H-pyrrole nitrogens is 1. The SMILES string of the molecule is COc1cc2nc3nc(C(=O)OCc4ccccc4)[nH]c(=O)c3nc2cc1OC. The van der Waals surface area contributed by atoms with Crippen molar-refractivity contribution in [3.05, 3.63) is 64.2 Å². The summed E-state index contributed by atoms with van der Waals surface area (Å²) in [5, 5.41) is 0. The fraction of sp³-hybridized carbons (Fsp3) is 0.150. The Hall–Kier alpha value is -4.01. The minimum Gasteiger partial charge on any atom is -0.493 e. The van der Waals surface area contributed by atoms with Gasteiger partial charge in [0.2, 0.25) is 5.82 Å². The van der Waals surface area contributed by atoms with Crippen molar-refractivity contribution in [1.82, 2.24) is 19.9 Å². The standard InChI is InChI=1S/C20H16N4O5/c1-27-14-8-12-13(9-15(14)28-2)22-17-16(21-12)19(25)24-18(23-17)20(26)29-10-11-6-4-3-5-7-11/h3-9H,10H2,1-2H3,(H,22,23,24,25). The highest BCUT2D eigenvalue weighted by Crippen LogP contribution is 2.30. The van der Waals surface area contributed by atoms with Crippen LogP contribution in [-0.2, 0) is 11.3 Å². The first kappa shape index (κ1) is 18.4. The second-order valence-electron chi connectivity index (χ2n) is 6.07. The molecule has 0 aliphatic carbocycles. The van der Waals surface area contributed by atoms with E-state index < -0.39 is 11.5 Å². The van der Waals surface area contributed by atoms with E-state index in [2.05, 4.69) is 19.9 Å². The molecule has 0 bridgehead atoms. The lowest BCUT2D eigenvalue weighted by Gasteiger charge is -2.09. The number of esters is 1. The Kier molecular flexibility index (Phi) is 4.78. The molecule has 0 fully saturated rings. The van der Waals surface area contributed by atoms with E-state index in [-0.39, 0.29) is 23.6 Å². The van der Waals surface area contributed by atoms with Crippen molar-refractivity contribution in [3.63, 3.8) is 0 Å². The Bertz CT molecular complexity index is 1270. The highest BCUT2D eigenvalue weighted by Gasteiger charge is 2.17. The Morgan fingerprint density at radius 1 is 0.966 bits per heavy atom. The molecule has 1 N–H and O–H groups in total. The van der Waals surface area contributed by atoms with Crippen molar-refractivity contribution in [1.29, 1.82) is 0 Å². The molecule has 0 spiro atoms. The van der Waals surface area contributed by atoms with Gasteiger partial charge in [-0.05, 0) is 5.56 Å². The van der Waals surface area contributed by atoms with Crippen LogP contribution in [0.3, 0.4) is 0 Å². The molecule has 0 saturated heterocycles. The maximum Gasteiger partial charge on any atom is 0.374 e. The molecule has 0 radical (unpaired) electrons. The average molecular weight is 392 g/mol. The number of benzene rings is 2. The van der Waals surface area contributed by atoms with Crippen molar-refractivity contribution in [2.24, 2.45) is 0 Å². The quantitative estimate of drug-likeness (QED) is 0.406. The maximum atomic E-state index is 12.4. The molecule has 9 heteroatoms. The summed E-state index contributed by atoms with van der Waals surface area (Å²) in [4.78, 5) is 39.9. The highest BCUT2D eigenvalue weighted by molar-refractivity contribution is 5.90. The number of ether oxygens (including phenoxy) is 3. The molecule has 9 nitrogen and oxygen atoms in total. The van der Waals surface area contributed by atoms with Crippen LogP contribution in [0.4, 0.5) is 0 Å². The molecule has 2 heterocycles. The molecule has 4 aromatic rings. The molecular weight excluding hydrogens is 376 g/mol. The first-order chi connectivity index (χ1) is 14.1. The topological polar surface area (TPSA) is 116 Å². The lowest BCUT2D eigenvalue weighted by atomic mass is 10.2. The molecule has 0 aliphatic rings. The van der Waals surface area contributed by atoms with Gasteiger partial charge in [0.15, 0.2) is 22.7 Å². The van der Waals surface area contributed by atoms with Crippen LogP contribution in [0.5, 0.6) is 11.5 Å². The van der Waals surface area contributed by atoms with Gasteiger partial charge in [0, 0.05) is 12.1 Å². The fourth-order valence-electron chi connectivity index (χ4n) is 2.79. The summed E-state index contributed by atoms with van der Waals surface area (Å²) < 4.78 is 15.7. The van der Waals surface area contributed by atoms with Crippen molar-refractivity contribution in [2.75, 3.05) is 14.2 Å². The Morgan fingerprint density at radius 2 is 1.62 bits per heavy atom. The third-order valence-corrected chi connectivity index (χ3v) is 4.22. The number of aromatic nitrogens is 4. The molecule has 29 heavy (non-hydrogen) atoms. The van der Waals surface area contributed by atoms with Gasteiger partial charge in [-0.2, -0.15) is 0 Å². The van der Waals surface area contributed by atoms with Crippen LogP contribution >= 0.6 is 0 Å². The van der Waals surface area contributed by atoms with Gasteiger partial charge in [-0.1, -0.05) is 30.3 Å². The Balaban J connectivity index is 1.72. The molecule has 0 amide bonds. The number of nitrogens with zero attached hydrogens (tertiary/aromatic N) is 3. The third-order valence-electron chi connectivity index (χ3n) is 4.22. The van der Waals surface area contributed by atoms with Crippen LogP contribution in [0.2, 0.25) is 0 Å². The molecule has 4 rings (SSSR count). The number of aromatic amines is 1. The fourth-order valence-corrected chi connectivity index (χ4v) is 2.79. The van der Waals surface area contributed by atoms with Crippen molar-refractivity contribution in [3.8, 4) is 11.5 Å². The van der Waals surface area contributed by atoms with Gasteiger partial charge in [0.1, 0.15) is 6.61 Å². The lowest BCUT2D eigenvalue weighted by Crippen LogP contribution is -2.19. The normalized spacial score (nSPS) is 10.8. The molecular formula is C20H16N4O5. The van der Waals surface area contributed by atoms with Gasteiger partial charge >= 0.3 is 5.97 Å². The zero-order valence-electron chi connectivity index (χ0n) is 15.6. The van der Waals surface area contributed by atoms with Crippen molar-refractivity contribution < 1.29 is 19.0 Å². The molecule has 2 aromatic heterocycles. The van der Waals surface area contributed by atoms with Crippen LogP contribution < -0.4 is 15.0 Å². The number of hydrogen-bond acceptors (Lipinski definition) is 8. The molecule has 0 saturated carbocycles. The zero-order valence-corrected chi connectivity index (χ0v) is 15.6. The van der Waals surface area contributed by atoms with E-state index in [1.807, 2.05) is 30.3 Å². The monoisotopic (exact) mass is 392 g/mol. The van der Waals surface area contributed by atoms with Gasteiger partial charge in [0.05, 0.1) is 25.3 Å². The van der Waals surface area contributed by atoms with E-state index in [0.717, 1.165) is 5.56 Å². The average Bonchev–Trinajstić information content (AvgIpc) is 2.76. The third kappa shape index (κ3) is 3.57. The number of nitrogens with one attached hydrogen (secondary N) is 1. The van der Waals surface area contributed by atoms with E-state index in [4.69, 9.17) is 14.2 Å². The summed E-state index contributed by atoms with van der Waals surface area (Å²) in [5.74, 6) is -0.0882. The minimum atomic E-state index is -0.762. The molecule has 0 unspecified atom stereocenters. The first-order valence-electron chi connectivity index (χ1n) is 8.64. The van der Waals surface area contributed by atoms with E-state index in [1.165, 1.54) is 14.2 Å². The van der Waals surface area contributed by atoms with Crippen LogP contribution in [0, 0.1) is 0 Å². The predicted molar refractivity (Wildman–Crippen MR) is 104 cm³/mol. The summed E-state index contributed by atoms with van der Waals surface area (Å²) in [6.45, 7) is 0.0574. The summed E-state index contributed by atoms with van der Waals surface area (Å²) in [5.41, 5.74) is 1.13. The van der Waals surface area contributed by atoms with Gasteiger partial charge in [-0.25, -0.2) is 19.7 Å². The van der Waals surface area contributed by atoms with Crippen LogP contribution in [0.1, 0.15) is 16.2 Å². The first-order valence-corrected chi connectivity index (χ1v) is 8.64. The number of carbonyl (C=O) groups excluding carboxylic acids is 1. The molecule has 146 valence electrons. The minimum absolute atomic E-state index is 0.00401. The van der Waals surface area contributed by atoms with E-state index >= 15 is 0 Å². The largest absolute Gasteiger partial charge is 0.493 e. The van der Waals surface area contributed by atoms with E-state index in [1.54, 1.807) is 12.1 Å². The van der Waals surface area contributed by atoms with Crippen LogP contribution in [0.15, 0.2) is 47.3 Å². The second kappa shape index (κ2) is 7.55. The smallest absolute Gasteiger partial charge is 0.374 e.